The molecule has 0 aliphatic carbocycles. The molecule has 3 aromatic rings. The largest absolute Gasteiger partial charge is 0.497 e. The van der Waals surface area contributed by atoms with Gasteiger partial charge in [-0.05, 0) is 72.3 Å². The number of anilines is 1. The van der Waals surface area contributed by atoms with Crippen LogP contribution in [-0.4, -0.2) is 26.0 Å². The lowest BCUT2D eigenvalue weighted by atomic mass is 10.1. The van der Waals surface area contributed by atoms with Crippen LogP contribution in [0.2, 0.25) is 0 Å². The Kier molecular flexibility index (Phi) is 5.68. The minimum absolute atomic E-state index is 0.182. The fourth-order valence-corrected chi connectivity index (χ4v) is 3.40. The molecule has 4 rings (SSSR count). The van der Waals surface area contributed by atoms with Gasteiger partial charge in [-0.3, -0.25) is 9.69 Å². The first-order valence-electron chi connectivity index (χ1n) is 9.28. The van der Waals surface area contributed by atoms with E-state index in [2.05, 4.69) is 20.9 Å². The minimum atomic E-state index is -0.182. The van der Waals surface area contributed by atoms with Crippen LogP contribution in [0, 0.1) is 0 Å². The van der Waals surface area contributed by atoms with Crippen molar-refractivity contribution in [2.45, 2.75) is 0 Å². The van der Waals surface area contributed by atoms with Crippen LogP contribution >= 0.6 is 15.9 Å². The lowest BCUT2D eigenvalue weighted by Gasteiger charge is -2.18. The van der Waals surface area contributed by atoms with Gasteiger partial charge in [0.25, 0.3) is 5.91 Å². The number of nitrogens with zero attached hydrogens (tertiary/aromatic N) is 2. The van der Waals surface area contributed by atoms with Gasteiger partial charge in [-0.1, -0.05) is 28.1 Å². The van der Waals surface area contributed by atoms with Crippen molar-refractivity contribution in [3.05, 3.63) is 94.1 Å². The first-order valence-corrected chi connectivity index (χ1v) is 10.1. The number of benzene rings is 3. The molecule has 0 unspecified atom stereocenters. The lowest BCUT2D eigenvalue weighted by Crippen LogP contribution is -2.32. The summed E-state index contributed by atoms with van der Waals surface area (Å²) < 4.78 is 11.4. The number of ether oxygens (including phenoxy) is 2. The summed E-state index contributed by atoms with van der Waals surface area (Å²) in [5.74, 6) is 1.89. The van der Waals surface area contributed by atoms with Crippen LogP contribution in [0.4, 0.5) is 5.69 Å². The van der Waals surface area contributed by atoms with Gasteiger partial charge in [0.05, 0.1) is 19.9 Å². The van der Waals surface area contributed by atoms with Crippen molar-refractivity contribution < 1.29 is 14.3 Å². The zero-order valence-corrected chi connectivity index (χ0v) is 18.1. The maximum Gasteiger partial charge on any atom is 0.282 e. The predicted octanol–water partition coefficient (Wildman–Crippen LogP) is 5.30. The number of rotatable bonds is 5. The van der Waals surface area contributed by atoms with Crippen LogP contribution in [0.3, 0.4) is 0 Å². The van der Waals surface area contributed by atoms with E-state index in [0.29, 0.717) is 11.5 Å². The summed E-state index contributed by atoms with van der Waals surface area (Å²) in [6.45, 7) is 0. The normalized spacial score (nSPS) is 14.8. The molecule has 6 heteroatoms. The van der Waals surface area contributed by atoms with Crippen LogP contribution < -0.4 is 14.4 Å². The van der Waals surface area contributed by atoms with E-state index in [-0.39, 0.29) is 5.91 Å². The maximum absolute atomic E-state index is 13.3. The highest BCUT2D eigenvalue weighted by Crippen LogP contribution is 2.29. The van der Waals surface area contributed by atoms with Crippen molar-refractivity contribution in [1.29, 1.82) is 0 Å². The Morgan fingerprint density at radius 3 is 1.97 bits per heavy atom. The fraction of sp³-hybridized carbons (Fsp3) is 0.0833. The average molecular weight is 463 g/mol. The average Bonchev–Trinajstić information content (AvgIpc) is 3.11. The molecular formula is C24H19BrN2O3. The van der Waals surface area contributed by atoms with E-state index >= 15 is 0 Å². The highest BCUT2D eigenvalue weighted by Gasteiger charge is 2.32. The third-order valence-electron chi connectivity index (χ3n) is 4.71. The lowest BCUT2D eigenvalue weighted by molar-refractivity contribution is -0.113. The second kappa shape index (κ2) is 8.55. The number of carbonyl (C=O) groups is 1. The van der Waals surface area contributed by atoms with E-state index in [9.17, 15) is 4.79 Å². The van der Waals surface area contributed by atoms with Gasteiger partial charge in [0.1, 0.15) is 23.0 Å². The van der Waals surface area contributed by atoms with E-state index in [1.54, 1.807) is 25.2 Å². The number of aliphatic imine (C=N–C) groups is 1. The molecule has 1 aliphatic heterocycles. The standard InChI is InChI=1S/C24H19BrN2O3/c1-29-20-11-3-16(4-12-20)15-22-24(28)27(19-9-7-18(25)8-10-19)23(26-22)17-5-13-21(30-2)14-6-17/h3-15H,1-2H3/b22-15+. The van der Waals surface area contributed by atoms with Crippen LogP contribution in [0.5, 0.6) is 11.5 Å². The monoisotopic (exact) mass is 462 g/mol. The van der Waals surface area contributed by atoms with Crippen LogP contribution in [0.1, 0.15) is 11.1 Å². The first kappa shape index (κ1) is 19.9. The molecule has 0 saturated carbocycles. The van der Waals surface area contributed by atoms with Crippen molar-refractivity contribution >= 4 is 39.4 Å². The van der Waals surface area contributed by atoms with E-state index in [1.807, 2.05) is 72.8 Å². The van der Waals surface area contributed by atoms with E-state index in [0.717, 1.165) is 32.8 Å². The number of halogens is 1. The van der Waals surface area contributed by atoms with Gasteiger partial charge in [0.2, 0.25) is 0 Å². The molecule has 1 amide bonds. The molecular weight excluding hydrogens is 444 g/mol. The zero-order valence-electron chi connectivity index (χ0n) is 16.5. The van der Waals surface area contributed by atoms with Crippen molar-refractivity contribution in [2.24, 2.45) is 4.99 Å². The Labute approximate surface area is 183 Å². The SMILES string of the molecule is COc1ccc(/C=C2/N=C(c3ccc(OC)cc3)N(c3ccc(Br)cc3)C2=O)cc1. The number of hydrogen-bond donors (Lipinski definition) is 0. The molecule has 0 aromatic heterocycles. The molecule has 5 nitrogen and oxygen atoms in total. The highest BCUT2D eigenvalue weighted by atomic mass is 79.9. The second-order valence-electron chi connectivity index (χ2n) is 6.58. The van der Waals surface area contributed by atoms with Crippen LogP contribution in [-0.2, 0) is 4.79 Å². The van der Waals surface area contributed by atoms with Crippen molar-refractivity contribution in [3.8, 4) is 11.5 Å². The van der Waals surface area contributed by atoms with Crippen molar-refractivity contribution in [3.63, 3.8) is 0 Å². The molecule has 0 bridgehead atoms. The molecule has 0 atom stereocenters. The topological polar surface area (TPSA) is 51.1 Å². The number of hydrogen-bond acceptors (Lipinski definition) is 4. The van der Waals surface area contributed by atoms with Gasteiger partial charge in [0.15, 0.2) is 0 Å². The van der Waals surface area contributed by atoms with E-state index in [1.165, 1.54) is 0 Å². The molecule has 150 valence electrons. The van der Waals surface area contributed by atoms with Gasteiger partial charge >= 0.3 is 0 Å². The van der Waals surface area contributed by atoms with Gasteiger partial charge < -0.3 is 9.47 Å². The number of amidine groups is 1. The van der Waals surface area contributed by atoms with E-state index < -0.39 is 0 Å². The number of amides is 1. The Morgan fingerprint density at radius 2 is 1.40 bits per heavy atom. The fourth-order valence-electron chi connectivity index (χ4n) is 3.14. The zero-order chi connectivity index (χ0) is 21.1. The molecule has 1 aliphatic rings. The summed E-state index contributed by atoms with van der Waals surface area (Å²) in [6, 6.07) is 22.6. The smallest absolute Gasteiger partial charge is 0.282 e. The third kappa shape index (κ3) is 4.00. The summed E-state index contributed by atoms with van der Waals surface area (Å²) in [4.78, 5) is 19.6. The third-order valence-corrected chi connectivity index (χ3v) is 5.24. The molecule has 0 saturated heterocycles. The summed E-state index contributed by atoms with van der Waals surface area (Å²) in [5, 5.41) is 0. The van der Waals surface area contributed by atoms with Crippen molar-refractivity contribution in [2.75, 3.05) is 19.1 Å². The quantitative estimate of drug-likeness (QED) is 0.483. The van der Waals surface area contributed by atoms with Crippen LogP contribution in [0.15, 0.2) is 88.0 Å². The maximum atomic E-state index is 13.3. The molecule has 3 aromatic carbocycles. The Morgan fingerprint density at radius 1 is 0.833 bits per heavy atom. The highest BCUT2D eigenvalue weighted by molar-refractivity contribution is 9.10. The molecule has 0 spiro atoms. The summed E-state index contributed by atoms with van der Waals surface area (Å²) >= 11 is 3.44. The summed E-state index contributed by atoms with van der Waals surface area (Å²) in [7, 11) is 3.24. The Bertz CT molecular complexity index is 1120. The Hall–Kier alpha value is -3.38. The first-order chi connectivity index (χ1) is 14.6. The number of methoxy groups -OCH3 is 2. The number of carbonyl (C=O) groups excluding carboxylic acids is 1. The van der Waals surface area contributed by atoms with E-state index in [4.69, 9.17) is 9.47 Å². The summed E-state index contributed by atoms with van der Waals surface area (Å²) in [5.41, 5.74) is 2.81. The minimum Gasteiger partial charge on any atom is -0.497 e. The molecule has 30 heavy (non-hydrogen) atoms. The predicted molar refractivity (Wildman–Crippen MR) is 122 cm³/mol. The van der Waals surface area contributed by atoms with Crippen LogP contribution in [0.25, 0.3) is 6.08 Å². The molecule has 0 fully saturated rings. The van der Waals surface area contributed by atoms with Crippen molar-refractivity contribution in [1.82, 2.24) is 0 Å². The molecule has 0 N–H and O–H groups in total. The Balaban J connectivity index is 1.77. The van der Waals surface area contributed by atoms with Gasteiger partial charge in [-0.2, -0.15) is 0 Å². The molecule has 0 radical (unpaired) electrons. The van der Waals surface area contributed by atoms with Gasteiger partial charge in [-0.25, -0.2) is 4.99 Å². The molecule has 1 heterocycles. The summed E-state index contributed by atoms with van der Waals surface area (Å²) in [6.07, 6.45) is 1.78. The second-order valence-corrected chi connectivity index (χ2v) is 7.50. The van der Waals surface area contributed by atoms with Gasteiger partial charge in [0, 0.05) is 10.0 Å². The van der Waals surface area contributed by atoms with Gasteiger partial charge in [-0.15, -0.1) is 0 Å².